The number of hydrogen-bond donors (Lipinski definition) is 3. The van der Waals surface area contributed by atoms with Gasteiger partial charge >= 0.3 is 6.09 Å². The smallest absolute Gasteiger partial charge is 0.407 e. The van der Waals surface area contributed by atoms with Crippen LogP contribution in [0.25, 0.3) is 0 Å². The molecule has 1 unspecified atom stereocenters. The van der Waals surface area contributed by atoms with Crippen molar-refractivity contribution >= 4 is 17.9 Å². The summed E-state index contributed by atoms with van der Waals surface area (Å²) >= 11 is 0. The first-order chi connectivity index (χ1) is 19.0. The standard InChI is InChI=1S/C31H35N3O5/c35-29(20-24-15-17-34(18-16-24)31(37)38)33-28(30(36)32-21-25-7-3-1-4-8-25)19-23-11-13-27(14-12-23)39-22-26-9-5-2-6-10-26/h1-14,24,28H,15-22H2,(H,32,36)(H,33,35)(H,37,38). The molecule has 3 N–H and O–H groups in total. The Labute approximate surface area is 229 Å². The zero-order chi connectivity index (χ0) is 27.5. The van der Waals surface area contributed by atoms with E-state index in [9.17, 15) is 14.4 Å². The van der Waals surface area contributed by atoms with Crippen LogP contribution < -0.4 is 15.4 Å². The minimum atomic E-state index is -0.926. The molecule has 0 spiro atoms. The molecule has 0 aromatic heterocycles. The molecule has 0 aliphatic carbocycles. The topological polar surface area (TPSA) is 108 Å². The molecule has 39 heavy (non-hydrogen) atoms. The molecule has 1 fully saturated rings. The zero-order valence-corrected chi connectivity index (χ0v) is 21.9. The number of benzene rings is 3. The van der Waals surface area contributed by atoms with Gasteiger partial charge in [-0.2, -0.15) is 0 Å². The van der Waals surface area contributed by atoms with Gasteiger partial charge in [0.2, 0.25) is 11.8 Å². The highest BCUT2D eigenvalue weighted by Crippen LogP contribution is 2.21. The second kappa shape index (κ2) is 14.0. The molecule has 3 aromatic carbocycles. The molecule has 1 aliphatic heterocycles. The average Bonchev–Trinajstić information content (AvgIpc) is 2.96. The van der Waals surface area contributed by atoms with Gasteiger partial charge in [-0.25, -0.2) is 4.79 Å². The van der Waals surface area contributed by atoms with Crippen LogP contribution in [0.4, 0.5) is 4.79 Å². The molecular weight excluding hydrogens is 494 g/mol. The Morgan fingerprint density at radius 3 is 2.08 bits per heavy atom. The molecule has 0 radical (unpaired) electrons. The highest BCUT2D eigenvalue weighted by Gasteiger charge is 2.26. The summed E-state index contributed by atoms with van der Waals surface area (Å²) in [4.78, 5) is 38.6. The number of carboxylic acid groups (broad SMARTS) is 1. The maximum Gasteiger partial charge on any atom is 0.407 e. The second-order valence-electron chi connectivity index (χ2n) is 9.86. The third-order valence-electron chi connectivity index (χ3n) is 6.93. The number of hydrogen-bond acceptors (Lipinski definition) is 4. The number of carbonyl (C=O) groups excluding carboxylic acids is 2. The van der Waals surface area contributed by atoms with E-state index in [2.05, 4.69) is 10.6 Å². The van der Waals surface area contributed by atoms with E-state index in [4.69, 9.17) is 9.84 Å². The SMILES string of the molecule is O=C(CC1CCN(C(=O)O)CC1)NC(Cc1ccc(OCc2ccccc2)cc1)C(=O)NCc1ccccc1. The molecule has 1 heterocycles. The molecule has 0 bridgehead atoms. The van der Waals surface area contributed by atoms with E-state index in [-0.39, 0.29) is 24.2 Å². The first kappa shape index (κ1) is 27.7. The van der Waals surface area contributed by atoms with Gasteiger partial charge in [0.15, 0.2) is 0 Å². The lowest BCUT2D eigenvalue weighted by Gasteiger charge is -2.30. The Kier molecular flexibility index (Phi) is 9.94. The molecular formula is C31H35N3O5. The van der Waals surface area contributed by atoms with Crippen LogP contribution in [0, 0.1) is 5.92 Å². The van der Waals surface area contributed by atoms with Crippen molar-refractivity contribution in [2.75, 3.05) is 13.1 Å². The van der Waals surface area contributed by atoms with Crippen LogP contribution in [-0.4, -0.2) is 47.0 Å². The first-order valence-electron chi connectivity index (χ1n) is 13.3. The van der Waals surface area contributed by atoms with Crippen LogP contribution in [-0.2, 0) is 29.2 Å². The Hall–Kier alpha value is -4.33. The van der Waals surface area contributed by atoms with Crippen molar-refractivity contribution in [1.29, 1.82) is 0 Å². The molecule has 1 atom stereocenters. The maximum atomic E-state index is 13.2. The molecule has 8 nitrogen and oxygen atoms in total. The summed E-state index contributed by atoms with van der Waals surface area (Å²) in [6.07, 6.45) is 0.944. The van der Waals surface area contributed by atoms with Gasteiger partial charge in [0.1, 0.15) is 18.4 Å². The Morgan fingerprint density at radius 2 is 1.46 bits per heavy atom. The molecule has 0 saturated carbocycles. The summed E-state index contributed by atoms with van der Waals surface area (Å²) in [6, 6.07) is 26.4. The van der Waals surface area contributed by atoms with Crippen LogP contribution in [0.2, 0.25) is 0 Å². The van der Waals surface area contributed by atoms with E-state index >= 15 is 0 Å². The van der Waals surface area contributed by atoms with E-state index in [1.807, 2.05) is 84.9 Å². The average molecular weight is 530 g/mol. The van der Waals surface area contributed by atoms with Crippen molar-refractivity contribution in [2.45, 2.75) is 44.9 Å². The molecule has 204 valence electrons. The van der Waals surface area contributed by atoms with Gasteiger partial charge in [-0.1, -0.05) is 72.8 Å². The quantitative estimate of drug-likeness (QED) is 0.342. The van der Waals surface area contributed by atoms with Gasteiger partial charge in [-0.3, -0.25) is 9.59 Å². The number of nitrogens with one attached hydrogen (secondary N) is 2. The van der Waals surface area contributed by atoms with E-state index in [0.717, 1.165) is 22.4 Å². The highest BCUT2D eigenvalue weighted by molar-refractivity contribution is 5.88. The molecule has 1 aliphatic rings. The molecule has 1 saturated heterocycles. The monoisotopic (exact) mass is 529 g/mol. The molecule has 3 aromatic rings. The fourth-order valence-corrected chi connectivity index (χ4v) is 4.66. The Morgan fingerprint density at radius 1 is 0.846 bits per heavy atom. The number of likely N-dealkylation sites (tertiary alicyclic amines) is 1. The lowest BCUT2D eigenvalue weighted by Crippen LogP contribution is -2.48. The lowest BCUT2D eigenvalue weighted by molar-refractivity contribution is -0.129. The summed E-state index contributed by atoms with van der Waals surface area (Å²) in [6.45, 7) is 1.68. The summed E-state index contributed by atoms with van der Waals surface area (Å²) in [5.41, 5.74) is 2.95. The molecule has 4 rings (SSSR count). The van der Waals surface area contributed by atoms with Crippen LogP contribution in [0.15, 0.2) is 84.9 Å². The molecule has 8 heteroatoms. The number of ether oxygens (including phenoxy) is 1. The summed E-state index contributed by atoms with van der Waals surface area (Å²) < 4.78 is 5.87. The van der Waals surface area contributed by atoms with Crippen LogP contribution >= 0.6 is 0 Å². The third-order valence-corrected chi connectivity index (χ3v) is 6.93. The second-order valence-corrected chi connectivity index (χ2v) is 9.86. The van der Waals surface area contributed by atoms with Crippen LogP contribution in [0.5, 0.6) is 5.75 Å². The van der Waals surface area contributed by atoms with Crippen molar-refractivity contribution in [1.82, 2.24) is 15.5 Å². The van der Waals surface area contributed by atoms with Crippen molar-refractivity contribution in [3.8, 4) is 5.75 Å². The van der Waals surface area contributed by atoms with Gasteiger partial charge in [0, 0.05) is 32.5 Å². The summed E-state index contributed by atoms with van der Waals surface area (Å²) in [7, 11) is 0. The number of rotatable bonds is 11. The Bertz CT molecular complexity index is 1210. The summed E-state index contributed by atoms with van der Waals surface area (Å²) in [5.74, 6) is 0.364. The first-order valence-corrected chi connectivity index (χ1v) is 13.3. The minimum Gasteiger partial charge on any atom is -0.489 e. The fraction of sp³-hybridized carbons (Fsp3) is 0.323. The largest absolute Gasteiger partial charge is 0.489 e. The highest BCUT2D eigenvalue weighted by atomic mass is 16.5. The number of nitrogens with zero attached hydrogens (tertiary/aromatic N) is 1. The lowest BCUT2D eigenvalue weighted by atomic mass is 9.93. The van der Waals surface area contributed by atoms with E-state index in [0.29, 0.717) is 45.5 Å². The van der Waals surface area contributed by atoms with Gasteiger partial charge in [0.05, 0.1) is 0 Å². The van der Waals surface area contributed by atoms with Crippen molar-refractivity contribution in [2.24, 2.45) is 5.92 Å². The molecule has 3 amide bonds. The Balaban J connectivity index is 1.35. The van der Waals surface area contributed by atoms with E-state index in [1.54, 1.807) is 0 Å². The van der Waals surface area contributed by atoms with E-state index < -0.39 is 12.1 Å². The normalized spacial score (nSPS) is 14.3. The van der Waals surface area contributed by atoms with Crippen molar-refractivity contribution in [3.63, 3.8) is 0 Å². The zero-order valence-electron chi connectivity index (χ0n) is 21.9. The summed E-state index contributed by atoms with van der Waals surface area (Å²) in [5, 5.41) is 15.0. The number of carbonyl (C=O) groups is 3. The van der Waals surface area contributed by atoms with Crippen LogP contribution in [0.3, 0.4) is 0 Å². The predicted molar refractivity (Wildman–Crippen MR) is 148 cm³/mol. The van der Waals surface area contributed by atoms with Gasteiger partial charge in [-0.05, 0) is 47.6 Å². The van der Waals surface area contributed by atoms with Crippen molar-refractivity contribution < 1.29 is 24.2 Å². The fourth-order valence-electron chi connectivity index (χ4n) is 4.66. The van der Waals surface area contributed by atoms with E-state index in [1.165, 1.54) is 4.90 Å². The predicted octanol–water partition coefficient (Wildman–Crippen LogP) is 4.39. The van der Waals surface area contributed by atoms with Gasteiger partial charge in [-0.15, -0.1) is 0 Å². The van der Waals surface area contributed by atoms with Crippen molar-refractivity contribution in [3.05, 3.63) is 102 Å². The maximum absolute atomic E-state index is 13.2. The van der Waals surface area contributed by atoms with Crippen LogP contribution in [0.1, 0.15) is 36.0 Å². The van der Waals surface area contributed by atoms with Gasteiger partial charge < -0.3 is 25.4 Å². The number of piperidine rings is 1. The van der Waals surface area contributed by atoms with Gasteiger partial charge in [0.25, 0.3) is 0 Å². The minimum absolute atomic E-state index is 0.0923. The number of amides is 3. The third kappa shape index (κ3) is 8.88.